The van der Waals surface area contributed by atoms with Crippen LogP contribution < -0.4 is 0 Å². The molecule has 0 unspecified atom stereocenters. The summed E-state index contributed by atoms with van der Waals surface area (Å²) in [5.41, 5.74) is 6.58. The Morgan fingerprint density at radius 2 is 1.84 bits per heavy atom. The van der Waals surface area contributed by atoms with Crippen molar-refractivity contribution in [3.05, 3.63) is 92.7 Å². The van der Waals surface area contributed by atoms with Crippen molar-refractivity contribution in [3.63, 3.8) is 0 Å². The second kappa shape index (κ2) is 6.10. The fraction of sp³-hybridized carbons (Fsp3) is 0.143. The Labute approximate surface area is 150 Å². The minimum Gasteiger partial charge on any atom is -0.512 e. The van der Waals surface area contributed by atoms with Crippen LogP contribution in [0.15, 0.2) is 65.5 Å². The lowest BCUT2D eigenvalue weighted by atomic mass is 9.76. The number of halogens is 1. The molecule has 126 valence electrons. The molecule has 3 N–H and O–H groups in total. The molecule has 2 aromatic rings. The van der Waals surface area contributed by atoms with Crippen LogP contribution in [0.5, 0.6) is 5.75 Å². The maximum atomic E-state index is 10.1. The van der Waals surface area contributed by atoms with Crippen LogP contribution >= 0.6 is 11.6 Å². The molecule has 0 radical (unpaired) electrons. The second-order valence-corrected chi connectivity index (χ2v) is 6.72. The fourth-order valence-electron chi connectivity index (χ4n) is 3.58. The number of hydrogen-bond donors (Lipinski definition) is 3. The summed E-state index contributed by atoms with van der Waals surface area (Å²) in [6, 6.07) is 11.1. The molecule has 0 aromatic heterocycles. The largest absolute Gasteiger partial charge is 0.512 e. The summed E-state index contributed by atoms with van der Waals surface area (Å²) in [6.07, 6.45) is 4.98. The van der Waals surface area contributed by atoms with E-state index in [0.29, 0.717) is 18.6 Å². The highest BCUT2D eigenvalue weighted by atomic mass is 35.5. The summed E-state index contributed by atoms with van der Waals surface area (Å²) in [6.45, 7) is -0.0805. The first kappa shape index (κ1) is 16.0. The molecule has 4 rings (SSSR count). The Kier molecular flexibility index (Phi) is 3.91. The summed E-state index contributed by atoms with van der Waals surface area (Å²) in [5.74, 6) is 0.375. The number of phenols is 1. The van der Waals surface area contributed by atoms with E-state index in [1.54, 1.807) is 18.2 Å². The highest BCUT2D eigenvalue weighted by Crippen LogP contribution is 2.44. The lowest BCUT2D eigenvalue weighted by Crippen LogP contribution is -2.12. The summed E-state index contributed by atoms with van der Waals surface area (Å²) >= 11 is 6.17. The van der Waals surface area contributed by atoms with E-state index >= 15 is 0 Å². The van der Waals surface area contributed by atoms with E-state index in [2.05, 4.69) is 0 Å². The van der Waals surface area contributed by atoms with Crippen molar-refractivity contribution < 1.29 is 15.3 Å². The molecule has 0 saturated heterocycles. The molecule has 2 aromatic carbocycles. The van der Waals surface area contributed by atoms with E-state index in [1.807, 2.05) is 30.3 Å². The Hall–Kier alpha value is -2.49. The van der Waals surface area contributed by atoms with Crippen molar-refractivity contribution in [1.29, 1.82) is 0 Å². The number of allylic oxidation sites excluding steroid dienone is 4. The fourth-order valence-corrected chi connectivity index (χ4v) is 3.75. The van der Waals surface area contributed by atoms with Gasteiger partial charge in [0.15, 0.2) is 0 Å². The Morgan fingerprint density at radius 3 is 2.64 bits per heavy atom. The smallest absolute Gasteiger partial charge is 0.134 e. The molecule has 0 aliphatic heterocycles. The average molecular weight is 353 g/mol. The highest BCUT2D eigenvalue weighted by Gasteiger charge is 2.27. The van der Waals surface area contributed by atoms with Gasteiger partial charge < -0.3 is 15.3 Å². The van der Waals surface area contributed by atoms with Gasteiger partial charge in [-0.25, -0.2) is 0 Å². The van der Waals surface area contributed by atoms with Crippen molar-refractivity contribution in [1.82, 2.24) is 0 Å². The number of rotatable bonds is 2. The first-order valence-corrected chi connectivity index (χ1v) is 8.50. The number of aliphatic hydroxyl groups is 2. The predicted molar refractivity (Wildman–Crippen MR) is 98.6 cm³/mol. The number of benzene rings is 2. The van der Waals surface area contributed by atoms with Crippen LogP contribution in [0.4, 0.5) is 0 Å². The molecule has 0 spiro atoms. The molecule has 2 aliphatic rings. The molecule has 25 heavy (non-hydrogen) atoms. The van der Waals surface area contributed by atoms with Gasteiger partial charge in [-0.05, 0) is 63.6 Å². The average Bonchev–Trinajstić information content (AvgIpc) is 2.61. The maximum absolute atomic E-state index is 10.1. The molecular weight excluding hydrogens is 336 g/mol. The van der Waals surface area contributed by atoms with Crippen LogP contribution in [0.2, 0.25) is 5.02 Å². The van der Waals surface area contributed by atoms with E-state index in [9.17, 15) is 15.3 Å². The van der Waals surface area contributed by atoms with E-state index in [1.165, 1.54) is 0 Å². The summed E-state index contributed by atoms with van der Waals surface area (Å²) < 4.78 is 0. The minimum absolute atomic E-state index is 0.0634. The molecule has 0 fully saturated rings. The monoisotopic (exact) mass is 352 g/mol. The maximum Gasteiger partial charge on any atom is 0.134 e. The Morgan fingerprint density at radius 1 is 1.04 bits per heavy atom. The number of aromatic hydroxyl groups is 1. The van der Waals surface area contributed by atoms with E-state index in [0.717, 1.165) is 39.0 Å². The number of phenolic OH excluding ortho intramolecular Hbond substituents is 1. The molecule has 0 atom stereocenters. The number of fused-ring (bicyclic) bond motifs is 2. The zero-order valence-corrected chi connectivity index (χ0v) is 14.2. The first-order chi connectivity index (χ1) is 12.1. The second-order valence-electron chi connectivity index (χ2n) is 6.31. The summed E-state index contributed by atoms with van der Waals surface area (Å²) in [7, 11) is 0. The zero-order valence-electron chi connectivity index (χ0n) is 13.5. The van der Waals surface area contributed by atoms with Crippen LogP contribution in [0.3, 0.4) is 0 Å². The molecule has 0 amide bonds. The molecule has 0 heterocycles. The van der Waals surface area contributed by atoms with Crippen molar-refractivity contribution in [3.8, 4) is 5.75 Å². The predicted octanol–water partition coefficient (Wildman–Crippen LogP) is 4.67. The molecular formula is C21H17ClO3. The highest BCUT2D eigenvalue weighted by molar-refractivity contribution is 6.32. The third-order valence-corrected chi connectivity index (χ3v) is 5.07. The SMILES string of the molecule is OCc1ccccc1C1=C2C=C(O)CC=C2Cc2cc(O)c(Cl)cc21. The third kappa shape index (κ3) is 2.66. The van der Waals surface area contributed by atoms with Crippen LogP contribution in [-0.4, -0.2) is 15.3 Å². The van der Waals surface area contributed by atoms with Crippen LogP contribution in [-0.2, 0) is 13.0 Å². The van der Waals surface area contributed by atoms with Crippen LogP contribution in [0.25, 0.3) is 5.57 Å². The minimum atomic E-state index is -0.0805. The zero-order chi connectivity index (χ0) is 17.6. The molecule has 0 bridgehead atoms. The van der Waals surface area contributed by atoms with Gasteiger partial charge in [-0.15, -0.1) is 0 Å². The molecule has 3 nitrogen and oxygen atoms in total. The Bertz CT molecular complexity index is 967. The first-order valence-electron chi connectivity index (χ1n) is 8.12. The van der Waals surface area contributed by atoms with Gasteiger partial charge in [0.1, 0.15) is 5.75 Å². The quantitative estimate of drug-likeness (QED) is 0.736. The summed E-state index contributed by atoms with van der Waals surface area (Å²) in [4.78, 5) is 0. The van der Waals surface area contributed by atoms with Crippen LogP contribution in [0.1, 0.15) is 28.7 Å². The van der Waals surface area contributed by atoms with Gasteiger partial charge in [-0.3, -0.25) is 0 Å². The third-order valence-electron chi connectivity index (χ3n) is 4.76. The van der Waals surface area contributed by atoms with Crippen LogP contribution in [0, 0.1) is 0 Å². The standard InChI is InChI=1S/C21H17ClO3/c22-19-10-18-14(8-20(19)25)7-12-5-6-15(24)9-17(12)21(18)16-4-2-1-3-13(16)11-23/h1-5,8-10,23-25H,6-7,11H2. The molecule has 4 heteroatoms. The van der Waals surface area contributed by atoms with Gasteiger partial charge >= 0.3 is 0 Å². The number of aliphatic hydroxyl groups excluding tert-OH is 2. The van der Waals surface area contributed by atoms with Gasteiger partial charge in [-0.1, -0.05) is 41.9 Å². The van der Waals surface area contributed by atoms with E-state index in [4.69, 9.17) is 11.6 Å². The summed E-state index contributed by atoms with van der Waals surface area (Å²) in [5, 5.41) is 30.1. The molecule has 0 saturated carbocycles. The van der Waals surface area contributed by atoms with Crippen molar-refractivity contribution in [2.75, 3.05) is 0 Å². The van der Waals surface area contributed by atoms with Gasteiger partial charge in [0.2, 0.25) is 0 Å². The van der Waals surface area contributed by atoms with E-state index in [-0.39, 0.29) is 17.4 Å². The van der Waals surface area contributed by atoms with Gasteiger partial charge in [0, 0.05) is 6.42 Å². The lowest BCUT2D eigenvalue weighted by Gasteiger charge is -2.28. The van der Waals surface area contributed by atoms with Crippen molar-refractivity contribution in [2.24, 2.45) is 0 Å². The van der Waals surface area contributed by atoms with Crippen molar-refractivity contribution in [2.45, 2.75) is 19.4 Å². The lowest BCUT2D eigenvalue weighted by molar-refractivity contribution is 0.281. The topological polar surface area (TPSA) is 60.7 Å². The van der Waals surface area contributed by atoms with Gasteiger partial charge in [-0.2, -0.15) is 0 Å². The molecule has 2 aliphatic carbocycles. The Balaban J connectivity index is 2.08. The van der Waals surface area contributed by atoms with Gasteiger partial charge in [0.05, 0.1) is 17.4 Å². The van der Waals surface area contributed by atoms with Crippen molar-refractivity contribution >= 4 is 17.2 Å². The number of hydrogen-bond acceptors (Lipinski definition) is 3. The normalized spacial score (nSPS) is 16.1. The van der Waals surface area contributed by atoms with Gasteiger partial charge in [0.25, 0.3) is 0 Å². The van der Waals surface area contributed by atoms with E-state index < -0.39 is 0 Å².